The van der Waals surface area contributed by atoms with Crippen LogP contribution in [0.3, 0.4) is 0 Å². The molecule has 3 N–H and O–H groups in total. The van der Waals surface area contributed by atoms with E-state index < -0.39 is 0 Å². The van der Waals surface area contributed by atoms with Crippen LogP contribution in [0.15, 0.2) is 18.3 Å². The minimum Gasteiger partial charge on any atom is -0.392 e. The zero-order valence-electron chi connectivity index (χ0n) is 9.53. The molecule has 0 amide bonds. The molecule has 0 bridgehead atoms. The Kier molecular flexibility index (Phi) is 5.39. The Morgan fingerprint density at radius 1 is 1.40 bits per heavy atom. The number of aromatic nitrogens is 1. The van der Waals surface area contributed by atoms with Crippen LogP contribution < -0.4 is 10.6 Å². The fraction of sp³-hybridized carbons (Fsp3) is 0.636. The molecule has 15 heavy (non-hydrogen) atoms. The molecule has 1 atom stereocenters. The first-order chi connectivity index (χ1) is 7.20. The highest BCUT2D eigenvalue weighted by Crippen LogP contribution is 1.97. The van der Waals surface area contributed by atoms with Crippen molar-refractivity contribution in [3.8, 4) is 0 Å². The van der Waals surface area contributed by atoms with Crippen LogP contribution in [0, 0.1) is 0 Å². The molecule has 1 rings (SSSR count). The molecule has 1 aromatic rings. The summed E-state index contributed by atoms with van der Waals surface area (Å²) in [4.78, 5) is 0. The quantitative estimate of drug-likeness (QED) is 0.560. The predicted octanol–water partition coefficient (Wildman–Crippen LogP) is 0.0851. The summed E-state index contributed by atoms with van der Waals surface area (Å²) < 4.78 is 2.11. The highest BCUT2D eigenvalue weighted by atomic mass is 16.3. The van der Waals surface area contributed by atoms with E-state index in [2.05, 4.69) is 21.3 Å². The second kappa shape index (κ2) is 6.61. The van der Waals surface area contributed by atoms with Crippen molar-refractivity contribution in [3.05, 3.63) is 24.0 Å². The lowest BCUT2D eigenvalue weighted by Crippen LogP contribution is -2.31. The molecule has 4 nitrogen and oxygen atoms in total. The maximum atomic E-state index is 9.01. The Balaban J connectivity index is 2.00. The minimum absolute atomic E-state index is 0.266. The molecule has 0 radical (unpaired) electrons. The SMILES string of the molecule is CC(O)CNCCNCc1cccn1C. The topological polar surface area (TPSA) is 49.2 Å². The summed E-state index contributed by atoms with van der Waals surface area (Å²) in [5, 5.41) is 15.5. The zero-order valence-corrected chi connectivity index (χ0v) is 9.53. The molecule has 1 heterocycles. The van der Waals surface area contributed by atoms with E-state index in [1.54, 1.807) is 6.92 Å². The molecule has 0 fully saturated rings. The van der Waals surface area contributed by atoms with Crippen LogP contribution in [0.2, 0.25) is 0 Å². The third kappa shape index (κ3) is 4.97. The number of rotatable bonds is 7. The molecule has 0 saturated heterocycles. The largest absolute Gasteiger partial charge is 0.392 e. The number of aliphatic hydroxyl groups excluding tert-OH is 1. The fourth-order valence-corrected chi connectivity index (χ4v) is 1.38. The lowest BCUT2D eigenvalue weighted by atomic mass is 10.4. The Morgan fingerprint density at radius 3 is 2.73 bits per heavy atom. The Morgan fingerprint density at radius 2 is 2.13 bits per heavy atom. The van der Waals surface area contributed by atoms with Crippen molar-refractivity contribution >= 4 is 0 Å². The standard InChI is InChI=1S/C11H21N3O/c1-10(15)8-12-5-6-13-9-11-4-3-7-14(11)2/h3-4,7,10,12-13,15H,5-6,8-9H2,1-2H3. The highest BCUT2D eigenvalue weighted by molar-refractivity contribution is 5.05. The van der Waals surface area contributed by atoms with Crippen molar-refractivity contribution < 1.29 is 5.11 Å². The normalized spacial score (nSPS) is 13.0. The number of nitrogens with one attached hydrogen (secondary N) is 2. The Labute approximate surface area is 91.3 Å². The van der Waals surface area contributed by atoms with Crippen molar-refractivity contribution in [2.75, 3.05) is 19.6 Å². The summed E-state index contributed by atoms with van der Waals surface area (Å²) in [5.41, 5.74) is 1.28. The zero-order chi connectivity index (χ0) is 11.1. The van der Waals surface area contributed by atoms with Gasteiger partial charge in [0.2, 0.25) is 0 Å². The highest BCUT2D eigenvalue weighted by Gasteiger charge is 1.96. The molecule has 1 unspecified atom stereocenters. The Bertz CT molecular complexity index is 271. The van der Waals surface area contributed by atoms with Crippen LogP contribution in [0.1, 0.15) is 12.6 Å². The number of nitrogens with zero attached hydrogens (tertiary/aromatic N) is 1. The monoisotopic (exact) mass is 211 g/mol. The molecule has 86 valence electrons. The fourth-order valence-electron chi connectivity index (χ4n) is 1.38. The van der Waals surface area contributed by atoms with Gasteiger partial charge in [-0.05, 0) is 19.1 Å². The predicted molar refractivity (Wildman–Crippen MR) is 61.7 cm³/mol. The minimum atomic E-state index is -0.266. The summed E-state index contributed by atoms with van der Waals surface area (Å²) in [7, 11) is 2.04. The second-order valence-electron chi connectivity index (χ2n) is 3.84. The number of hydrogen-bond donors (Lipinski definition) is 3. The second-order valence-corrected chi connectivity index (χ2v) is 3.84. The summed E-state index contributed by atoms with van der Waals surface area (Å²) in [6.07, 6.45) is 1.78. The van der Waals surface area contributed by atoms with Crippen LogP contribution >= 0.6 is 0 Å². The summed E-state index contributed by atoms with van der Waals surface area (Å²) in [5.74, 6) is 0. The van der Waals surface area contributed by atoms with Crippen molar-refractivity contribution in [1.29, 1.82) is 0 Å². The van der Waals surface area contributed by atoms with E-state index in [4.69, 9.17) is 5.11 Å². The first kappa shape index (κ1) is 12.2. The maximum absolute atomic E-state index is 9.01. The van der Waals surface area contributed by atoms with E-state index in [0.29, 0.717) is 6.54 Å². The van der Waals surface area contributed by atoms with Gasteiger partial charge in [-0.1, -0.05) is 0 Å². The van der Waals surface area contributed by atoms with E-state index in [1.807, 2.05) is 19.3 Å². The number of hydrogen-bond acceptors (Lipinski definition) is 3. The van der Waals surface area contributed by atoms with Gasteiger partial charge in [0.25, 0.3) is 0 Å². The van der Waals surface area contributed by atoms with Crippen molar-refractivity contribution in [1.82, 2.24) is 15.2 Å². The smallest absolute Gasteiger partial charge is 0.0636 e. The summed E-state index contributed by atoms with van der Waals surface area (Å²) >= 11 is 0. The van der Waals surface area contributed by atoms with Gasteiger partial charge in [0.05, 0.1) is 6.10 Å². The lowest BCUT2D eigenvalue weighted by molar-refractivity contribution is 0.191. The van der Waals surface area contributed by atoms with Gasteiger partial charge in [-0.2, -0.15) is 0 Å². The molecule has 0 aliphatic rings. The number of aryl methyl sites for hydroxylation is 1. The average Bonchev–Trinajstić information content (AvgIpc) is 2.57. The van der Waals surface area contributed by atoms with E-state index in [-0.39, 0.29) is 6.10 Å². The van der Waals surface area contributed by atoms with E-state index >= 15 is 0 Å². The van der Waals surface area contributed by atoms with Crippen LogP contribution in [-0.4, -0.2) is 35.4 Å². The van der Waals surface area contributed by atoms with Gasteiger partial charge in [0, 0.05) is 45.1 Å². The molecule has 0 aromatic carbocycles. The van der Waals surface area contributed by atoms with E-state index in [9.17, 15) is 0 Å². The van der Waals surface area contributed by atoms with Gasteiger partial charge in [-0.3, -0.25) is 0 Å². The molecular weight excluding hydrogens is 190 g/mol. The van der Waals surface area contributed by atoms with E-state index in [0.717, 1.165) is 19.6 Å². The van der Waals surface area contributed by atoms with Crippen LogP contribution in [0.5, 0.6) is 0 Å². The lowest BCUT2D eigenvalue weighted by Gasteiger charge is -2.08. The molecular formula is C11H21N3O. The third-order valence-electron chi connectivity index (χ3n) is 2.28. The van der Waals surface area contributed by atoms with Gasteiger partial charge in [-0.15, -0.1) is 0 Å². The molecule has 4 heteroatoms. The number of aliphatic hydroxyl groups is 1. The summed E-state index contributed by atoms with van der Waals surface area (Å²) in [6.45, 7) is 5.13. The van der Waals surface area contributed by atoms with Crippen LogP contribution in [0.25, 0.3) is 0 Å². The van der Waals surface area contributed by atoms with Crippen molar-refractivity contribution in [3.63, 3.8) is 0 Å². The molecule has 0 saturated carbocycles. The molecule has 0 aliphatic carbocycles. The van der Waals surface area contributed by atoms with Gasteiger partial charge < -0.3 is 20.3 Å². The van der Waals surface area contributed by atoms with Gasteiger partial charge in [0.15, 0.2) is 0 Å². The van der Waals surface area contributed by atoms with Gasteiger partial charge >= 0.3 is 0 Å². The van der Waals surface area contributed by atoms with E-state index in [1.165, 1.54) is 5.69 Å². The molecule has 1 aromatic heterocycles. The molecule has 0 spiro atoms. The third-order valence-corrected chi connectivity index (χ3v) is 2.28. The van der Waals surface area contributed by atoms with Gasteiger partial charge in [0.1, 0.15) is 0 Å². The average molecular weight is 211 g/mol. The Hall–Kier alpha value is -0.840. The first-order valence-electron chi connectivity index (χ1n) is 5.40. The van der Waals surface area contributed by atoms with Crippen molar-refractivity contribution in [2.24, 2.45) is 7.05 Å². The van der Waals surface area contributed by atoms with Crippen LogP contribution in [-0.2, 0) is 13.6 Å². The van der Waals surface area contributed by atoms with Crippen molar-refractivity contribution in [2.45, 2.75) is 19.6 Å². The maximum Gasteiger partial charge on any atom is 0.0636 e. The molecule has 0 aliphatic heterocycles. The first-order valence-corrected chi connectivity index (χ1v) is 5.40. The van der Waals surface area contributed by atoms with Gasteiger partial charge in [-0.25, -0.2) is 0 Å². The summed E-state index contributed by atoms with van der Waals surface area (Å²) in [6, 6.07) is 4.15. The van der Waals surface area contributed by atoms with Crippen LogP contribution in [0.4, 0.5) is 0 Å².